The fourth-order valence-corrected chi connectivity index (χ4v) is 4.36. The molecule has 0 fully saturated rings. The third-order valence-corrected chi connectivity index (χ3v) is 6.05. The zero-order valence-electron chi connectivity index (χ0n) is 17.1. The number of rotatable bonds is 2. The van der Waals surface area contributed by atoms with Crippen molar-refractivity contribution in [2.24, 2.45) is 0 Å². The molecule has 1 aromatic heterocycles. The first-order valence-electron chi connectivity index (χ1n) is 10.3. The van der Waals surface area contributed by atoms with Gasteiger partial charge in [-0.3, -0.25) is 0 Å². The summed E-state index contributed by atoms with van der Waals surface area (Å²) in [4.78, 5) is 15.5. The number of benzene rings is 3. The number of anilines is 1. The maximum absolute atomic E-state index is 13.6. The number of fused-ring (bicyclic) bond motifs is 3. The van der Waals surface area contributed by atoms with Crippen molar-refractivity contribution in [3.05, 3.63) is 119 Å². The molecule has 5 heteroatoms. The molecule has 154 valence electrons. The van der Waals surface area contributed by atoms with Gasteiger partial charge in [-0.15, -0.1) is 0 Å². The Balaban J connectivity index is 1.64. The number of aryl methyl sites for hydroxylation is 1. The average Bonchev–Trinajstić information content (AvgIpc) is 3.20. The van der Waals surface area contributed by atoms with E-state index in [9.17, 15) is 4.79 Å². The Hall–Kier alpha value is -3.50. The molecule has 4 aromatic rings. The van der Waals surface area contributed by atoms with Gasteiger partial charge in [0.2, 0.25) is 0 Å². The molecule has 0 unspecified atom stereocenters. The lowest BCUT2D eigenvalue weighted by atomic mass is 10.0. The van der Waals surface area contributed by atoms with E-state index in [0.717, 1.165) is 33.8 Å². The van der Waals surface area contributed by atoms with E-state index in [1.807, 2.05) is 78.6 Å². The number of para-hydroxylation sites is 2. The van der Waals surface area contributed by atoms with E-state index in [4.69, 9.17) is 11.6 Å². The zero-order valence-corrected chi connectivity index (χ0v) is 17.9. The van der Waals surface area contributed by atoms with Crippen LogP contribution in [0.25, 0.3) is 5.69 Å². The van der Waals surface area contributed by atoms with Crippen molar-refractivity contribution in [1.29, 1.82) is 0 Å². The molecule has 0 radical (unpaired) electrons. The Morgan fingerprint density at radius 1 is 0.935 bits per heavy atom. The average molecular weight is 428 g/mol. The third kappa shape index (κ3) is 3.60. The Bertz CT molecular complexity index is 1250. The fourth-order valence-electron chi connectivity index (χ4n) is 4.24. The zero-order chi connectivity index (χ0) is 21.4. The number of hydrogen-bond donors (Lipinski definition) is 1. The topological polar surface area (TPSA) is 37.3 Å². The summed E-state index contributed by atoms with van der Waals surface area (Å²) in [5.41, 5.74) is 6.07. The molecule has 0 spiro atoms. The molecule has 2 heterocycles. The van der Waals surface area contributed by atoms with Crippen molar-refractivity contribution in [1.82, 2.24) is 9.47 Å². The third-order valence-electron chi connectivity index (χ3n) is 5.80. The van der Waals surface area contributed by atoms with Crippen LogP contribution in [-0.4, -0.2) is 15.5 Å². The van der Waals surface area contributed by atoms with Gasteiger partial charge in [-0.25, -0.2) is 4.79 Å². The minimum atomic E-state index is -0.260. The monoisotopic (exact) mass is 427 g/mol. The molecule has 4 nitrogen and oxygen atoms in total. The first-order valence-corrected chi connectivity index (χ1v) is 10.6. The van der Waals surface area contributed by atoms with Gasteiger partial charge >= 0.3 is 6.03 Å². The molecule has 0 saturated heterocycles. The van der Waals surface area contributed by atoms with Crippen molar-refractivity contribution >= 4 is 23.3 Å². The summed E-state index contributed by atoms with van der Waals surface area (Å²) in [6, 6.07) is 27.5. The normalized spacial score (nSPS) is 15.0. The lowest BCUT2D eigenvalue weighted by Crippen LogP contribution is -2.38. The highest BCUT2D eigenvalue weighted by Gasteiger charge is 2.33. The summed E-state index contributed by atoms with van der Waals surface area (Å²) in [6.07, 6.45) is 2.06. The number of carbonyl (C=O) groups excluding carboxylic acids is 1. The highest BCUT2D eigenvalue weighted by atomic mass is 35.5. The van der Waals surface area contributed by atoms with Crippen molar-refractivity contribution in [2.45, 2.75) is 19.5 Å². The van der Waals surface area contributed by atoms with Gasteiger partial charge in [0.1, 0.15) is 0 Å². The molecule has 2 amide bonds. The molecular weight excluding hydrogens is 406 g/mol. The molecule has 1 aliphatic rings. The van der Waals surface area contributed by atoms with Gasteiger partial charge in [0.05, 0.1) is 18.3 Å². The number of hydrogen-bond acceptors (Lipinski definition) is 1. The minimum absolute atomic E-state index is 0.140. The summed E-state index contributed by atoms with van der Waals surface area (Å²) in [6.45, 7) is 2.48. The Kier molecular flexibility index (Phi) is 5.00. The smallest absolute Gasteiger partial charge is 0.318 e. The SMILES string of the molecule is Cc1ccccc1NC(=O)N1Cc2ccccc2-n2cccc2[C@@H]1c1ccc(Cl)cc1. The van der Waals surface area contributed by atoms with Crippen molar-refractivity contribution < 1.29 is 4.79 Å². The van der Waals surface area contributed by atoms with Crippen LogP contribution in [0.1, 0.15) is 28.4 Å². The fraction of sp³-hybridized carbons (Fsp3) is 0.115. The van der Waals surface area contributed by atoms with Crippen LogP contribution in [-0.2, 0) is 6.54 Å². The number of amides is 2. The summed E-state index contributed by atoms with van der Waals surface area (Å²) in [5, 5.41) is 3.80. The number of nitrogens with zero attached hydrogens (tertiary/aromatic N) is 2. The molecule has 5 rings (SSSR count). The van der Waals surface area contributed by atoms with E-state index >= 15 is 0 Å². The van der Waals surface area contributed by atoms with Crippen molar-refractivity contribution in [3.63, 3.8) is 0 Å². The van der Waals surface area contributed by atoms with Crippen LogP contribution in [0.15, 0.2) is 91.1 Å². The number of nitrogens with one attached hydrogen (secondary N) is 1. The van der Waals surface area contributed by atoms with E-state index in [1.165, 1.54) is 0 Å². The highest BCUT2D eigenvalue weighted by Crippen LogP contribution is 2.37. The molecular formula is C26H22ClN3O. The number of urea groups is 1. The van der Waals surface area contributed by atoms with E-state index in [-0.39, 0.29) is 12.1 Å². The molecule has 0 aliphatic carbocycles. The van der Waals surface area contributed by atoms with E-state index < -0.39 is 0 Å². The molecule has 31 heavy (non-hydrogen) atoms. The second kappa shape index (κ2) is 7.97. The van der Waals surface area contributed by atoms with Crippen LogP contribution in [0.3, 0.4) is 0 Å². The minimum Gasteiger partial charge on any atom is -0.318 e. The second-order valence-corrected chi connectivity index (χ2v) is 8.20. The molecule has 3 aromatic carbocycles. The molecule has 1 aliphatic heterocycles. The lowest BCUT2D eigenvalue weighted by molar-refractivity contribution is 0.194. The Labute approximate surface area is 186 Å². The number of carbonyl (C=O) groups is 1. The maximum Gasteiger partial charge on any atom is 0.322 e. The first-order chi connectivity index (χ1) is 15.1. The van der Waals surface area contributed by atoms with Gasteiger partial charge in [0, 0.05) is 22.6 Å². The predicted molar refractivity (Wildman–Crippen MR) is 125 cm³/mol. The first kappa shape index (κ1) is 19.5. The van der Waals surface area contributed by atoms with Crippen LogP contribution in [0.2, 0.25) is 5.02 Å². The van der Waals surface area contributed by atoms with Crippen LogP contribution < -0.4 is 5.32 Å². The molecule has 0 saturated carbocycles. The molecule has 0 bridgehead atoms. The summed E-state index contributed by atoms with van der Waals surface area (Å²) in [5.74, 6) is 0. The second-order valence-electron chi connectivity index (χ2n) is 7.76. The van der Waals surface area contributed by atoms with E-state index in [1.54, 1.807) is 0 Å². The quantitative estimate of drug-likeness (QED) is 0.385. The van der Waals surface area contributed by atoms with Crippen LogP contribution in [0.5, 0.6) is 0 Å². The number of aromatic nitrogens is 1. The van der Waals surface area contributed by atoms with Crippen molar-refractivity contribution in [3.8, 4) is 5.69 Å². The van der Waals surface area contributed by atoms with Gasteiger partial charge < -0.3 is 14.8 Å². The summed E-state index contributed by atoms with van der Waals surface area (Å²) in [7, 11) is 0. The molecule has 1 N–H and O–H groups in total. The van der Waals surface area contributed by atoms with Gasteiger partial charge in [0.15, 0.2) is 0 Å². The van der Waals surface area contributed by atoms with Crippen LogP contribution in [0, 0.1) is 6.92 Å². The predicted octanol–water partition coefficient (Wildman–Crippen LogP) is 6.58. The Morgan fingerprint density at radius 3 is 2.48 bits per heavy atom. The van der Waals surface area contributed by atoms with Crippen LogP contribution in [0.4, 0.5) is 10.5 Å². The standard InChI is InChI=1S/C26H22ClN3O/c1-18-7-2-4-9-22(18)28-26(31)30-17-20-8-3-5-10-23(20)29-16-6-11-24(29)25(30)19-12-14-21(27)15-13-19/h2-16,25H,17H2,1H3,(H,28,31)/t25-/m0/s1. The highest BCUT2D eigenvalue weighted by molar-refractivity contribution is 6.30. The summed E-state index contributed by atoms with van der Waals surface area (Å²) >= 11 is 6.16. The number of halogens is 1. The van der Waals surface area contributed by atoms with Gasteiger partial charge in [0.25, 0.3) is 0 Å². The Morgan fingerprint density at radius 2 is 1.68 bits per heavy atom. The van der Waals surface area contributed by atoms with Crippen molar-refractivity contribution in [2.75, 3.05) is 5.32 Å². The van der Waals surface area contributed by atoms with Gasteiger partial charge in [-0.05, 0) is 60.0 Å². The van der Waals surface area contributed by atoms with Gasteiger partial charge in [-0.2, -0.15) is 0 Å². The van der Waals surface area contributed by atoms with Gasteiger partial charge in [-0.1, -0.05) is 60.1 Å². The molecule has 1 atom stereocenters. The lowest BCUT2D eigenvalue weighted by Gasteiger charge is -2.31. The van der Waals surface area contributed by atoms with Crippen LogP contribution >= 0.6 is 11.6 Å². The van der Waals surface area contributed by atoms with E-state index in [2.05, 4.69) is 34.3 Å². The largest absolute Gasteiger partial charge is 0.322 e. The maximum atomic E-state index is 13.6. The summed E-state index contributed by atoms with van der Waals surface area (Å²) < 4.78 is 2.18. The van der Waals surface area contributed by atoms with E-state index in [0.29, 0.717) is 11.6 Å².